The topological polar surface area (TPSA) is 74.4 Å². The van der Waals surface area contributed by atoms with Crippen molar-refractivity contribution in [3.8, 4) is 5.75 Å². The highest BCUT2D eigenvalue weighted by Gasteiger charge is 2.23. The smallest absolute Gasteiger partial charge is 0.321 e. The molecule has 1 aromatic heterocycles. The van der Waals surface area contributed by atoms with E-state index in [1.54, 1.807) is 19.4 Å². The number of rotatable bonds is 4. The standard InChI is InChI=1S/C19H23N3O3/c1-25-17-5-3-16(4-6-17)21-19(24)22-10-8-14(9-11-22)12-15-2-7-18(23)20-13-15/h2-7,13-14H,8-12H2,1H3,(H,20,23)(H,21,24). The molecule has 132 valence electrons. The van der Waals surface area contributed by atoms with Gasteiger partial charge in [0.2, 0.25) is 5.56 Å². The molecule has 1 fully saturated rings. The second-order valence-corrected chi connectivity index (χ2v) is 6.35. The summed E-state index contributed by atoms with van der Waals surface area (Å²) in [5.41, 5.74) is 1.83. The lowest BCUT2D eigenvalue weighted by atomic mass is 9.91. The van der Waals surface area contributed by atoms with Gasteiger partial charge in [0.15, 0.2) is 0 Å². The van der Waals surface area contributed by atoms with E-state index >= 15 is 0 Å². The Morgan fingerprint density at radius 3 is 2.52 bits per heavy atom. The van der Waals surface area contributed by atoms with Crippen molar-refractivity contribution in [2.24, 2.45) is 5.92 Å². The number of ether oxygens (including phenoxy) is 1. The molecule has 1 aliphatic rings. The van der Waals surface area contributed by atoms with Crippen LogP contribution < -0.4 is 15.6 Å². The van der Waals surface area contributed by atoms with E-state index in [1.807, 2.05) is 35.2 Å². The number of aromatic nitrogens is 1. The summed E-state index contributed by atoms with van der Waals surface area (Å²) in [6.45, 7) is 1.49. The Morgan fingerprint density at radius 1 is 1.20 bits per heavy atom. The number of carbonyl (C=O) groups is 1. The third kappa shape index (κ3) is 4.62. The van der Waals surface area contributed by atoms with Crippen LogP contribution >= 0.6 is 0 Å². The molecule has 1 saturated heterocycles. The van der Waals surface area contributed by atoms with Gasteiger partial charge in [-0.05, 0) is 55.0 Å². The van der Waals surface area contributed by atoms with Crippen LogP contribution in [0.2, 0.25) is 0 Å². The number of pyridine rings is 1. The van der Waals surface area contributed by atoms with Crippen molar-refractivity contribution in [1.82, 2.24) is 9.88 Å². The van der Waals surface area contributed by atoms with E-state index in [-0.39, 0.29) is 11.6 Å². The number of H-pyrrole nitrogens is 1. The molecule has 2 amide bonds. The highest BCUT2D eigenvalue weighted by atomic mass is 16.5. The summed E-state index contributed by atoms with van der Waals surface area (Å²) in [6.07, 6.45) is 4.65. The van der Waals surface area contributed by atoms with Crippen LogP contribution in [0.15, 0.2) is 47.4 Å². The van der Waals surface area contributed by atoms with E-state index in [1.165, 1.54) is 0 Å². The maximum absolute atomic E-state index is 12.4. The second-order valence-electron chi connectivity index (χ2n) is 6.35. The molecule has 25 heavy (non-hydrogen) atoms. The number of piperidine rings is 1. The number of carbonyl (C=O) groups excluding carboxylic acids is 1. The fourth-order valence-corrected chi connectivity index (χ4v) is 3.12. The molecule has 1 aliphatic heterocycles. The van der Waals surface area contributed by atoms with Crippen LogP contribution in [0.25, 0.3) is 0 Å². The molecule has 3 rings (SSSR count). The van der Waals surface area contributed by atoms with Crippen molar-refractivity contribution in [1.29, 1.82) is 0 Å². The van der Waals surface area contributed by atoms with E-state index < -0.39 is 0 Å². The van der Waals surface area contributed by atoms with Crippen molar-refractivity contribution in [2.45, 2.75) is 19.3 Å². The quantitative estimate of drug-likeness (QED) is 0.898. The summed E-state index contributed by atoms with van der Waals surface area (Å²) >= 11 is 0. The zero-order chi connectivity index (χ0) is 17.6. The van der Waals surface area contributed by atoms with Gasteiger partial charge in [-0.15, -0.1) is 0 Å². The minimum atomic E-state index is -0.0752. The Hall–Kier alpha value is -2.76. The Balaban J connectivity index is 1.48. The van der Waals surface area contributed by atoms with Gasteiger partial charge >= 0.3 is 6.03 Å². The maximum Gasteiger partial charge on any atom is 0.321 e. The van der Waals surface area contributed by atoms with Crippen LogP contribution in [0.4, 0.5) is 10.5 Å². The first-order valence-corrected chi connectivity index (χ1v) is 8.51. The highest BCUT2D eigenvalue weighted by Crippen LogP contribution is 2.22. The third-order valence-electron chi connectivity index (χ3n) is 4.62. The van der Waals surface area contributed by atoms with Crippen LogP contribution in [-0.2, 0) is 6.42 Å². The lowest BCUT2D eigenvalue weighted by molar-refractivity contribution is 0.182. The molecule has 6 heteroatoms. The van der Waals surface area contributed by atoms with E-state index in [0.29, 0.717) is 5.92 Å². The number of aromatic amines is 1. The monoisotopic (exact) mass is 341 g/mol. The SMILES string of the molecule is COc1ccc(NC(=O)N2CCC(Cc3ccc(=O)[nH]c3)CC2)cc1. The summed E-state index contributed by atoms with van der Waals surface area (Å²) in [7, 11) is 1.62. The number of nitrogens with one attached hydrogen (secondary N) is 2. The first-order valence-electron chi connectivity index (χ1n) is 8.51. The molecule has 2 heterocycles. The summed E-state index contributed by atoms with van der Waals surface area (Å²) < 4.78 is 5.11. The molecular weight excluding hydrogens is 318 g/mol. The summed E-state index contributed by atoms with van der Waals surface area (Å²) in [5, 5.41) is 2.93. The van der Waals surface area contributed by atoms with Crippen LogP contribution in [-0.4, -0.2) is 36.1 Å². The first kappa shape index (κ1) is 17.1. The number of hydrogen-bond donors (Lipinski definition) is 2. The predicted molar refractivity (Wildman–Crippen MR) is 97.1 cm³/mol. The van der Waals surface area contributed by atoms with Crippen molar-refractivity contribution < 1.29 is 9.53 Å². The number of hydrogen-bond acceptors (Lipinski definition) is 3. The average molecular weight is 341 g/mol. The fourth-order valence-electron chi connectivity index (χ4n) is 3.12. The zero-order valence-electron chi connectivity index (χ0n) is 14.3. The molecule has 2 N–H and O–H groups in total. The Morgan fingerprint density at radius 2 is 1.92 bits per heavy atom. The zero-order valence-corrected chi connectivity index (χ0v) is 14.3. The second kappa shape index (κ2) is 7.88. The Labute approximate surface area is 146 Å². The molecule has 1 aromatic carbocycles. The number of benzene rings is 1. The first-order chi connectivity index (χ1) is 12.1. The van der Waals surface area contributed by atoms with Gasteiger partial charge < -0.3 is 19.9 Å². The number of methoxy groups -OCH3 is 1. The van der Waals surface area contributed by atoms with Crippen molar-refractivity contribution in [3.05, 3.63) is 58.5 Å². The third-order valence-corrected chi connectivity index (χ3v) is 4.62. The van der Waals surface area contributed by atoms with Gasteiger partial charge in [-0.3, -0.25) is 4.79 Å². The van der Waals surface area contributed by atoms with E-state index in [9.17, 15) is 9.59 Å². The molecule has 0 aliphatic carbocycles. The van der Waals surface area contributed by atoms with Gasteiger partial charge in [-0.25, -0.2) is 4.79 Å². The van der Waals surface area contributed by atoms with Gasteiger partial charge in [-0.2, -0.15) is 0 Å². The largest absolute Gasteiger partial charge is 0.497 e. The minimum Gasteiger partial charge on any atom is -0.497 e. The highest BCUT2D eigenvalue weighted by molar-refractivity contribution is 5.89. The van der Waals surface area contributed by atoms with E-state index in [2.05, 4.69) is 10.3 Å². The number of anilines is 1. The number of likely N-dealkylation sites (tertiary alicyclic amines) is 1. The normalized spacial score (nSPS) is 15.0. The molecule has 6 nitrogen and oxygen atoms in total. The molecule has 0 radical (unpaired) electrons. The molecule has 0 unspecified atom stereocenters. The van der Waals surface area contributed by atoms with Gasteiger partial charge in [0.05, 0.1) is 7.11 Å². The number of nitrogens with zero attached hydrogens (tertiary/aromatic N) is 1. The summed E-state index contributed by atoms with van der Waals surface area (Å²) in [5.74, 6) is 1.30. The van der Waals surface area contributed by atoms with E-state index in [4.69, 9.17) is 4.74 Å². The van der Waals surface area contributed by atoms with Gasteiger partial charge in [0, 0.05) is 31.0 Å². The molecule has 2 aromatic rings. The average Bonchev–Trinajstić information content (AvgIpc) is 2.65. The number of amides is 2. The van der Waals surface area contributed by atoms with Crippen molar-refractivity contribution in [2.75, 3.05) is 25.5 Å². The van der Waals surface area contributed by atoms with Crippen LogP contribution in [0.5, 0.6) is 5.75 Å². The molecule has 0 atom stereocenters. The van der Waals surface area contributed by atoms with Crippen LogP contribution in [0.3, 0.4) is 0 Å². The van der Waals surface area contributed by atoms with Crippen LogP contribution in [0, 0.1) is 5.92 Å². The minimum absolute atomic E-state index is 0.0624. The van der Waals surface area contributed by atoms with E-state index in [0.717, 1.165) is 49.4 Å². The lowest BCUT2D eigenvalue weighted by Crippen LogP contribution is -2.41. The summed E-state index contributed by atoms with van der Waals surface area (Å²) in [4.78, 5) is 28.0. The Kier molecular flexibility index (Phi) is 5.38. The van der Waals surface area contributed by atoms with Crippen molar-refractivity contribution in [3.63, 3.8) is 0 Å². The molecule has 0 bridgehead atoms. The predicted octanol–water partition coefficient (Wildman–Crippen LogP) is 2.87. The van der Waals surface area contributed by atoms with Crippen molar-refractivity contribution >= 4 is 11.7 Å². The Bertz CT molecular complexity index is 742. The summed E-state index contributed by atoms with van der Waals surface area (Å²) in [6, 6.07) is 10.7. The molecule has 0 saturated carbocycles. The van der Waals surface area contributed by atoms with Gasteiger partial charge in [0.1, 0.15) is 5.75 Å². The van der Waals surface area contributed by atoms with Crippen LogP contribution in [0.1, 0.15) is 18.4 Å². The lowest BCUT2D eigenvalue weighted by Gasteiger charge is -2.32. The van der Waals surface area contributed by atoms with Gasteiger partial charge in [-0.1, -0.05) is 6.07 Å². The molecular formula is C19H23N3O3. The number of urea groups is 1. The maximum atomic E-state index is 12.4. The fraction of sp³-hybridized carbons (Fsp3) is 0.368. The van der Waals surface area contributed by atoms with Gasteiger partial charge in [0.25, 0.3) is 0 Å². The molecule has 0 spiro atoms.